The van der Waals surface area contributed by atoms with Crippen LogP contribution in [-0.4, -0.2) is 46.6 Å². The van der Waals surface area contributed by atoms with Gasteiger partial charge in [-0.25, -0.2) is 0 Å². The molecule has 4 atom stereocenters. The third kappa shape index (κ3) is 7.69. The third-order valence-corrected chi connectivity index (χ3v) is 6.63. The van der Waals surface area contributed by atoms with Crippen molar-refractivity contribution in [2.24, 2.45) is 10.8 Å². The molecule has 6 nitrogen and oxygen atoms in total. The second-order valence-corrected chi connectivity index (χ2v) is 10.3. The first-order chi connectivity index (χ1) is 14.0. The number of carboxylic acids is 2. The number of ether oxygens (including phenoxy) is 2. The first kappa shape index (κ1) is 24.9. The first-order valence-electron chi connectivity index (χ1n) is 11.5. The Morgan fingerprint density at radius 1 is 0.767 bits per heavy atom. The molecule has 0 radical (unpaired) electrons. The fourth-order valence-electron chi connectivity index (χ4n) is 4.18. The standard InChI is InChI=1S/C24H40O6/c1-23(2,21(25)26)15-5-7-17-9-11-19(29-17)13-14-20-12-10-18(30-20)8-6-16-24(3,4)22(27)28/h13-14,17-20H,5-12,15-16H2,1-4H3,(H,25,26)(H,27,28)/b14-13+. The van der Waals surface area contributed by atoms with Crippen molar-refractivity contribution in [3.05, 3.63) is 12.2 Å². The zero-order valence-electron chi connectivity index (χ0n) is 19.1. The van der Waals surface area contributed by atoms with E-state index in [1.807, 2.05) is 0 Å². The third-order valence-electron chi connectivity index (χ3n) is 6.63. The highest BCUT2D eigenvalue weighted by molar-refractivity contribution is 5.73. The Labute approximate surface area is 181 Å². The van der Waals surface area contributed by atoms with Crippen molar-refractivity contribution in [2.45, 2.75) is 116 Å². The lowest BCUT2D eigenvalue weighted by molar-refractivity contribution is -0.148. The van der Waals surface area contributed by atoms with Crippen molar-refractivity contribution in [1.82, 2.24) is 0 Å². The number of hydrogen-bond donors (Lipinski definition) is 2. The van der Waals surface area contributed by atoms with Crippen LogP contribution in [0.4, 0.5) is 0 Å². The molecule has 2 N–H and O–H groups in total. The van der Waals surface area contributed by atoms with Crippen molar-refractivity contribution in [3.8, 4) is 0 Å². The lowest BCUT2D eigenvalue weighted by atomic mass is 9.87. The summed E-state index contributed by atoms with van der Waals surface area (Å²) < 4.78 is 12.2. The van der Waals surface area contributed by atoms with Gasteiger partial charge in [0.25, 0.3) is 0 Å². The van der Waals surface area contributed by atoms with Crippen molar-refractivity contribution < 1.29 is 29.3 Å². The number of hydrogen-bond acceptors (Lipinski definition) is 4. The first-order valence-corrected chi connectivity index (χ1v) is 11.5. The summed E-state index contributed by atoms with van der Waals surface area (Å²) in [4.78, 5) is 22.4. The summed E-state index contributed by atoms with van der Waals surface area (Å²) in [6, 6.07) is 0. The molecule has 172 valence electrons. The molecule has 2 rings (SSSR count). The van der Waals surface area contributed by atoms with Crippen molar-refractivity contribution in [3.63, 3.8) is 0 Å². The monoisotopic (exact) mass is 424 g/mol. The van der Waals surface area contributed by atoms with Gasteiger partial charge in [-0.1, -0.05) is 12.2 Å². The van der Waals surface area contributed by atoms with E-state index in [0.717, 1.165) is 51.4 Å². The molecule has 0 bridgehead atoms. The van der Waals surface area contributed by atoms with Crippen molar-refractivity contribution in [1.29, 1.82) is 0 Å². The van der Waals surface area contributed by atoms with E-state index >= 15 is 0 Å². The molecule has 0 saturated carbocycles. The molecule has 2 heterocycles. The van der Waals surface area contributed by atoms with Gasteiger partial charge in [-0.15, -0.1) is 0 Å². The summed E-state index contributed by atoms with van der Waals surface area (Å²) in [6.45, 7) is 7.10. The molecule has 4 unspecified atom stereocenters. The predicted molar refractivity (Wildman–Crippen MR) is 115 cm³/mol. The van der Waals surface area contributed by atoms with Gasteiger partial charge in [0.15, 0.2) is 0 Å². The number of carboxylic acid groups (broad SMARTS) is 2. The van der Waals surface area contributed by atoms with Crippen LogP contribution in [-0.2, 0) is 19.1 Å². The minimum absolute atomic E-state index is 0.126. The van der Waals surface area contributed by atoms with Crippen molar-refractivity contribution >= 4 is 11.9 Å². The quantitative estimate of drug-likeness (QED) is 0.418. The van der Waals surface area contributed by atoms with Gasteiger partial charge in [0, 0.05) is 0 Å². The van der Waals surface area contributed by atoms with Gasteiger partial charge in [-0.3, -0.25) is 9.59 Å². The highest BCUT2D eigenvalue weighted by Crippen LogP contribution is 2.31. The maximum absolute atomic E-state index is 11.2. The Balaban J connectivity index is 1.63. The zero-order chi connectivity index (χ0) is 22.4. The molecule has 0 amide bonds. The van der Waals surface area contributed by atoms with Gasteiger partial charge in [-0.05, 0) is 91.9 Å². The molecule has 2 aliphatic rings. The van der Waals surface area contributed by atoms with E-state index in [4.69, 9.17) is 9.47 Å². The van der Waals surface area contributed by atoms with E-state index in [1.165, 1.54) is 0 Å². The average Bonchev–Trinajstić information content (AvgIpc) is 3.29. The minimum atomic E-state index is -0.740. The maximum atomic E-state index is 11.2. The molecule has 0 aliphatic carbocycles. The Bertz CT molecular complexity index is 557. The number of rotatable bonds is 12. The Morgan fingerprint density at radius 2 is 1.13 bits per heavy atom. The molecule has 0 aromatic rings. The van der Waals surface area contributed by atoms with Crippen LogP contribution >= 0.6 is 0 Å². The van der Waals surface area contributed by atoms with Gasteiger partial charge >= 0.3 is 11.9 Å². The summed E-state index contributed by atoms with van der Waals surface area (Å²) in [5, 5.41) is 18.4. The Kier molecular flexibility index (Phi) is 8.92. The molecule has 0 aromatic carbocycles. The van der Waals surface area contributed by atoms with E-state index in [9.17, 15) is 19.8 Å². The predicted octanol–water partition coefficient (Wildman–Crippen LogP) is 5.20. The Morgan fingerprint density at radius 3 is 1.47 bits per heavy atom. The molecule has 0 spiro atoms. The maximum Gasteiger partial charge on any atom is 0.309 e. The highest BCUT2D eigenvalue weighted by Gasteiger charge is 2.30. The van der Waals surface area contributed by atoms with Crippen molar-refractivity contribution in [2.75, 3.05) is 0 Å². The van der Waals surface area contributed by atoms with Gasteiger partial charge in [-0.2, -0.15) is 0 Å². The number of aliphatic carboxylic acids is 2. The zero-order valence-corrected chi connectivity index (χ0v) is 19.1. The van der Waals surface area contributed by atoms with Gasteiger partial charge in [0.2, 0.25) is 0 Å². The lowest BCUT2D eigenvalue weighted by Gasteiger charge is -2.20. The van der Waals surface area contributed by atoms with Crippen LogP contribution in [0.3, 0.4) is 0 Å². The van der Waals surface area contributed by atoms with Crippen LogP contribution < -0.4 is 0 Å². The largest absolute Gasteiger partial charge is 0.481 e. The molecular formula is C24H40O6. The fraction of sp³-hybridized carbons (Fsp3) is 0.833. The topological polar surface area (TPSA) is 93.1 Å². The normalized spacial score (nSPS) is 27.7. The molecule has 2 saturated heterocycles. The lowest BCUT2D eigenvalue weighted by Crippen LogP contribution is -2.24. The smallest absolute Gasteiger partial charge is 0.309 e. The van der Waals surface area contributed by atoms with Gasteiger partial charge in [0.1, 0.15) is 0 Å². The van der Waals surface area contributed by atoms with E-state index in [1.54, 1.807) is 27.7 Å². The molecule has 30 heavy (non-hydrogen) atoms. The highest BCUT2D eigenvalue weighted by atomic mass is 16.5. The second kappa shape index (κ2) is 10.8. The SMILES string of the molecule is CC(C)(CCCC1CCC(/C=C/C2CCC(CCCC(C)(C)C(=O)O)O2)O1)C(=O)O. The summed E-state index contributed by atoms with van der Waals surface area (Å²) >= 11 is 0. The van der Waals surface area contributed by atoms with Crippen LogP contribution in [0.25, 0.3) is 0 Å². The van der Waals surface area contributed by atoms with E-state index in [-0.39, 0.29) is 24.4 Å². The van der Waals surface area contributed by atoms with Gasteiger partial charge < -0.3 is 19.7 Å². The van der Waals surface area contributed by atoms with E-state index in [2.05, 4.69) is 12.2 Å². The second-order valence-electron chi connectivity index (χ2n) is 10.3. The van der Waals surface area contributed by atoms with Crippen LogP contribution in [0.1, 0.15) is 91.9 Å². The molecule has 2 fully saturated rings. The van der Waals surface area contributed by atoms with E-state index in [0.29, 0.717) is 12.8 Å². The molecule has 6 heteroatoms. The minimum Gasteiger partial charge on any atom is -0.481 e. The summed E-state index contributed by atoms with van der Waals surface area (Å²) in [5.41, 5.74) is -1.34. The fourth-order valence-corrected chi connectivity index (χ4v) is 4.18. The summed E-state index contributed by atoms with van der Waals surface area (Å²) in [6.07, 6.45) is 13.9. The Hall–Kier alpha value is -1.40. The average molecular weight is 425 g/mol. The summed E-state index contributed by atoms with van der Waals surface area (Å²) in [7, 11) is 0. The van der Waals surface area contributed by atoms with Crippen LogP contribution in [0.5, 0.6) is 0 Å². The van der Waals surface area contributed by atoms with Crippen LogP contribution in [0, 0.1) is 10.8 Å². The molecular weight excluding hydrogens is 384 g/mol. The van der Waals surface area contributed by atoms with Crippen LogP contribution in [0.15, 0.2) is 12.2 Å². The van der Waals surface area contributed by atoms with Gasteiger partial charge in [0.05, 0.1) is 35.2 Å². The molecule has 2 aliphatic heterocycles. The summed E-state index contributed by atoms with van der Waals surface area (Å²) in [5.74, 6) is -1.48. The van der Waals surface area contributed by atoms with Crippen LogP contribution in [0.2, 0.25) is 0 Å². The van der Waals surface area contributed by atoms with E-state index < -0.39 is 22.8 Å². The number of carbonyl (C=O) groups is 2. The molecule has 0 aromatic heterocycles.